The Hall–Kier alpha value is -1.32. The minimum atomic E-state index is 0.427. The molecule has 0 radical (unpaired) electrons. The van der Waals surface area contributed by atoms with Crippen molar-refractivity contribution in [2.24, 2.45) is 0 Å². The SMILES string of the molecule is c1ccc2c(c1)OCCC2NC1CCCc2sccc21. The first-order valence-electron chi connectivity index (χ1n) is 7.46. The van der Waals surface area contributed by atoms with Crippen LogP contribution in [0.4, 0.5) is 0 Å². The quantitative estimate of drug-likeness (QED) is 0.891. The number of nitrogens with one attached hydrogen (secondary N) is 1. The summed E-state index contributed by atoms with van der Waals surface area (Å²) in [7, 11) is 0. The molecule has 1 aromatic heterocycles. The second-order valence-corrected chi connectivity index (χ2v) is 6.64. The number of rotatable bonds is 2. The highest BCUT2D eigenvalue weighted by Crippen LogP contribution is 2.38. The van der Waals surface area contributed by atoms with E-state index in [-0.39, 0.29) is 0 Å². The van der Waals surface area contributed by atoms with Crippen molar-refractivity contribution in [1.29, 1.82) is 0 Å². The van der Waals surface area contributed by atoms with Crippen molar-refractivity contribution in [3.05, 3.63) is 51.7 Å². The van der Waals surface area contributed by atoms with E-state index in [0.717, 1.165) is 18.8 Å². The molecule has 0 amide bonds. The lowest BCUT2D eigenvalue weighted by Crippen LogP contribution is -2.31. The molecule has 0 spiro atoms. The standard InChI is InChI=1S/C17H19NOS/c1-2-6-16-12(4-1)15(8-10-19-16)18-14-5-3-7-17-13(14)9-11-20-17/h1-2,4,6,9,11,14-15,18H,3,5,7-8,10H2. The zero-order valence-corrected chi connectivity index (χ0v) is 12.3. The molecule has 2 unspecified atom stereocenters. The van der Waals surface area contributed by atoms with Crippen LogP contribution in [0, 0.1) is 0 Å². The van der Waals surface area contributed by atoms with Crippen LogP contribution in [0.5, 0.6) is 5.75 Å². The molecular weight excluding hydrogens is 266 g/mol. The summed E-state index contributed by atoms with van der Waals surface area (Å²) in [4.78, 5) is 1.58. The number of benzene rings is 1. The topological polar surface area (TPSA) is 21.3 Å². The van der Waals surface area contributed by atoms with Crippen molar-refractivity contribution in [3.63, 3.8) is 0 Å². The molecule has 104 valence electrons. The lowest BCUT2D eigenvalue weighted by molar-refractivity contribution is 0.240. The largest absolute Gasteiger partial charge is 0.493 e. The van der Waals surface area contributed by atoms with Gasteiger partial charge in [0.15, 0.2) is 0 Å². The fraction of sp³-hybridized carbons (Fsp3) is 0.412. The van der Waals surface area contributed by atoms with Crippen molar-refractivity contribution in [3.8, 4) is 5.75 Å². The molecule has 2 aromatic rings. The molecule has 0 bridgehead atoms. The molecular formula is C17H19NOS. The molecule has 0 saturated carbocycles. The Morgan fingerprint density at radius 2 is 1.95 bits per heavy atom. The third-order valence-electron chi connectivity index (χ3n) is 4.41. The maximum absolute atomic E-state index is 5.76. The molecule has 2 aliphatic rings. The number of hydrogen-bond donors (Lipinski definition) is 1. The van der Waals surface area contributed by atoms with Gasteiger partial charge in [0.2, 0.25) is 0 Å². The van der Waals surface area contributed by atoms with Crippen LogP contribution in [0.1, 0.15) is 47.4 Å². The van der Waals surface area contributed by atoms with Crippen molar-refractivity contribution in [2.45, 2.75) is 37.8 Å². The average molecular weight is 285 g/mol. The van der Waals surface area contributed by atoms with E-state index in [0.29, 0.717) is 12.1 Å². The zero-order valence-electron chi connectivity index (χ0n) is 11.5. The molecule has 1 N–H and O–H groups in total. The minimum Gasteiger partial charge on any atom is -0.493 e. The number of fused-ring (bicyclic) bond motifs is 2. The summed E-state index contributed by atoms with van der Waals surface area (Å²) < 4.78 is 5.76. The normalized spacial score (nSPS) is 24.6. The third kappa shape index (κ3) is 2.15. The second kappa shape index (κ2) is 5.23. The van der Waals surface area contributed by atoms with Crippen LogP contribution in [0.15, 0.2) is 35.7 Å². The molecule has 0 fully saturated rings. The van der Waals surface area contributed by atoms with Crippen LogP contribution in [0.2, 0.25) is 0 Å². The lowest BCUT2D eigenvalue weighted by Gasteiger charge is -2.32. The summed E-state index contributed by atoms with van der Waals surface area (Å²) in [5.41, 5.74) is 2.85. The van der Waals surface area contributed by atoms with Gasteiger partial charge in [-0.15, -0.1) is 11.3 Å². The highest BCUT2D eigenvalue weighted by atomic mass is 32.1. The highest BCUT2D eigenvalue weighted by Gasteiger charge is 2.27. The van der Waals surface area contributed by atoms with Crippen LogP contribution >= 0.6 is 11.3 Å². The van der Waals surface area contributed by atoms with Crippen LogP contribution in [-0.2, 0) is 6.42 Å². The molecule has 1 aliphatic heterocycles. The summed E-state index contributed by atoms with van der Waals surface area (Å²) in [6, 6.07) is 11.7. The smallest absolute Gasteiger partial charge is 0.124 e. The molecule has 2 atom stereocenters. The number of ether oxygens (including phenoxy) is 1. The summed E-state index contributed by atoms with van der Waals surface area (Å²) in [5, 5.41) is 6.12. The predicted octanol–water partition coefficient (Wildman–Crippen LogP) is 4.24. The number of para-hydroxylation sites is 1. The van der Waals surface area contributed by atoms with Gasteiger partial charge in [-0.05, 0) is 42.3 Å². The predicted molar refractivity (Wildman–Crippen MR) is 82.4 cm³/mol. The fourth-order valence-electron chi connectivity index (χ4n) is 3.42. The van der Waals surface area contributed by atoms with Crippen LogP contribution in [0.3, 0.4) is 0 Å². The van der Waals surface area contributed by atoms with E-state index < -0.39 is 0 Å². The van der Waals surface area contributed by atoms with E-state index in [1.807, 2.05) is 11.3 Å². The van der Waals surface area contributed by atoms with E-state index >= 15 is 0 Å². The van der Waals surface area contributed by atoms with Gasteiger partial charge in [0.1, 0.15) is 5.75 Å². The van der Waals surface area contributed by atoms with Gasteiger partial charge in [0.05, 0.1) is 6.61 Å². The Bertz CT molecular complexity index is 607. The summed E-state index contributed by atoms with van der Waals surface area (Å²) >= 11 is 1.91. The highest BCUT2D eigenvalue weighted by molar-refractivity contribution is 7.10. The Morgan fingerprint density at radius 3 is 2.95 bits per heavy atom. The Kier molecular flexibility index (Phi) is 3.25. The van der Waals surface area contributed by atoms with Gasteiger partial charge in [0, 0.05) is 28.9 Å². The van der Waals surface area contributed by atoms with Crippen LogP contribution < -0.4 is 10.1 Å². The van der Waals surface area contributed by atoms with Crippen molar-refractivity contribution in [1.82, 2.24) is 5.32 Å². The van der Waals surface area contributed by atoms with Gasteiger partial charge < -0.3 is 10.1 Å². The van der Waals surface area contributed by atoms with Crippen LogP contribution in [-0.4, -0.2) is 6.61 Å². The Balaban J connectivity index is 1.60. The Morgan fingerprint density at radius 1 is 1.05 bits per heavy atom. The molecule has 0 saturated heterocycles. The maximum Gasteiger partial charge on any atom is 0.124 e. The van der Waals surface area contributed by atoms with Crippen molar-refractivity contribution < 1.29 is 4.74 Å². The van der Waals surface area contributed by atoms with Gasteiger partial charge in [0.25, 0.3) is 0 Å². The summed E-state index contributed by atoms with van der Waals surface area (Å²) in [5.74, 6) is 1.05. The maximum atomic E-state index is 5.76. The summed E-state index contributed by atoms with van der Waals surface area (Å²) in [6.45, 7) is 0.817. The first-order valence-corrected chi connectivity index (χ1v) is 8.34. The molecule has 2 nitrogen and oxygen atoms in total. The zero-order chi connectivity index (χ0) is 13.4. The van der Waals surface area contributed by atoms with Gasteiger partial charge in [-0.25, -0.2) is 0 Å². The molecule has 2 heterocycles. The van der Waals surface area contributed by atoms with Gasteiger partial charge in [-0.1, -0.05) is 18.2 Å². The van der Waals surface area contributed by atoms with E-state index in [4.69, 9.17) is 4.74 Å². The van der Waals surface area contributed by atoms with Gasteiger partial charge >= 0.3 is 0 Å². The molecule has 4 rings (SSSR count). The van der Waals surface area contributed by atoms with E-state index in [1.165, 1.54) is 30.4 Å². The third-order valence-corrected chi connectivity index (χ3v) is 5.41. The summed E-state index contributed by atoms with van der Waals surface area (Å²) in [6.07, 6.45) is 4.88. The second-order valence-electron chi connectivity index (χ2n) is 5.64. The van der Waals surface area contributed by atoms with Crippen molar-refractivity contribution >= 4 is 11.3 Å². The van der Waals surface area contributed by atoms with E-state index in [2.05, 4.69) is 41.0 Å². The number of thiophene rings is 1. The Labute approximate surface area is 123 Å². The minimum absolute atomic E-state index is 0.427. The van der Waals surface area contributed by atoms with Gasteiger partial charge in [-0.2, -0.15) is 0 Å². The van der Waals surface area contributed by atoms with Gasteiger partial charge in [-0.3, -0.25) is 0 Å². The monoisotopic (exact) mass is 285 g/mol. The first-order chi connectivity index (χ1) is 9.92. The molecule has 20 heavy (non-hydrogen) atoms. The molecule has 1 aromatic carbocycles. The first kappa shape index (κ1) is 12.4. The number of aryl methyl sites for hydroxylation is 1. The van der Waals surface area contributed by atoms with E-state index in [9.17, 15) is 0 Å². The molecule has 3 heteroatoms. The lowest BCUT2D eigenvalue weighted by atomic mass is 9.91. The van der Waals surface area contributed by atoms with Crippen molar-refractivity contribution in [2.75, 3.05) is 6.61 Å². The average Bonchev–Trinajstić information content (AvgIpc) is 2.97. The number of hydrogen-bond acceptors (Lipinski definition) is 3. The van der Waals surface area contributed by atoms with E-state index in [1.54, 1.807) is 4.88 Å². The molecule has 1 aliphatic carbocycles. The fourth-order valence-corrected chi connectivity index (χ4v) is 4.41. The van der Waals surface area contributed by atoms with Crippen LogP contribution in [0.25, 0.3) is 0 Å².